The van der Waals surface area contributed by atoms with Crippen molar-refractivity contribution in [2.24, 2.45) is 5.92 Å². The minimum absolute atomic E-state index is 0.559. The smallest absolute Gasteiger partial charge is 0.137 e. The first-order valence-electron chi connectivity index (χ1n) is 5.36. The van der Waals surface area contributed by atoms with E-state index in [0.29, 0.717) is 23.1 Å². The number of nitrogen functional groups attached to an aromatic ring is 1. The highest BCUT2D eigenvalue weighted by molar-refractivity contribution is 7.85. The number of hydrogen-bond acceptors (Lipinski definition) is 3. The van der Waals surface area contributed by atoms with Crippen molar-refractivity contribution in [2.45, 2.75) is 25.2 Å². The van der Waals surface area contributed by atoms with Gasteiger partial charge in [-0.3, -0.25) is 4.21 Å². The fraction of sp³-hybridized carbons (Fsp3) is 0.500. The second kappa shape index (κ2) is 5.89. The van der Waals surface area contributed by atoms with Crippen LogP contribution in [0.4, 0.5) is 5.69 Å². The minimum Gasteiger partial charge on any atom is -0.495 e. The van der Waals surface area contributed by atoms with Gasteiger partial charge in [0, 0.05) is 17.5 Å². The Morgan fingerprint density at radius 2 is 2.12 bits per heavy atom. The summed E-state index contributed by atoms with van der Waals surface area (Å²) in [7, 11) is 0.563. The van der Waals surface area contributed by atoms with Crippen molar-refractivity contribution in [1.29, 1.82) is 0 Å². The van der Waals surface area contributed by atoms with Crippen LogP contribution in [-0.4, -0.2) is 17.1 Å². The second-order valence-corrected chi connectivity index (χ2v) is 5.68. The number of hydrogen-bond donors (Lipinski definition) is 1. The van der Waals surface area contributed by atoms with E-state index >= 15 is 0 Å². The van der Waals surface area contributed by atoms with Crippen molar-refractivity contribution in [1.82, 2.24) is 0 Å². The summed E-state index contributed by atoms with van der Waals surface area (Å²) in [6, 6.07) is 5.25. The number of methoxy groups -OCH3 is 1. The third-order valence-corrected chi connectivity index (χ3v) is 3.75. The molecule has 0 saturated carbocycles. The van der Waals surface area contributed by atoms with Gasteiger partial charge in [-0.15, -0.1) is 0 Å². The molecule has 0 aliphatic carbocycles. The van der Waals surface area contributed by atoms with Crippen LogP contribution in [0.1, 0.15) is 20.3 Å². The molecule has 0 amide bonds. The van der Waals surface area contributed by atoms with E-state index in [1.54, 1.807) is 25.3 Å². The van der Waals surface area contributed by atoms with Gasteiger partial charge in [-0.05, 0) is 24.5 Å². The Morgan fingerprint density at radius 1 is 1.44 bits per heavy atom. The van der Waals surface area contributed by atoms with Gasteiger partial charge in [0.1, 0.15) is 5.75 Å². The summed E-state index contributed by atoms with van der Waals surface area (Å²) in [6.07, 6.45) is 0.945. The predicted molar refractivity (Wildman–Crippen MR) is 68.1 cm³/mol. The quantitative estimate of drug-likeness (QED) is 0.805. The zero-order chi connectivity index (χ0) is 12.1. The lowest BCUT2D eigenvalue weighted by Crippen LogP contribution is -2.04. The Kier molecular flexibility index (Phi) is 4.80. The van der Waals surface area contributed by atoms with E-state index in [-0.39, 0.29) is 0 Å². The third kappa shape index (κ3) is 3.52. The topological polar surface area (TPSA) is 52.3 Å². The average molecular weight is 241 g/mol. The number of benzene rings is 1. The largest absolute Gasteiger partial charge is 0.495 e. The zero-order valence-corrected chi connectivity index (χ0v) is 10.8. The van der Waals surface area contributed by atoms with Gasteiger partial charge in [0.05, 0.1) is 22.8 Å². The maximum Gasteiger partial charge on any atom is 0.137 e. The Balaban J connectivity index is 2.82. The monoisotopic (exact) mass is 241 g/mol. The molecule has 1 atom stereocenters. The fourth-order valence-electron chi connectivity index (χ4n) is 1.32. The summed E-state index contributed by atoms with van der Waals surface area (Å²) in [5.41, 5.74) is 6.27. The first-order valence-corrected chi connectivity index (χ1v) is 6.68. The van der Waals surface area contributed by atoms with Crippen LogP contribution in [0, 0.1) is 5.92 Å². The Hall–Kier alpha value is -1.03. The first-order chi connectivity index (χ1) is 7.54. The van der Waals surface area contributed by atoms with Crippen LogP contribution < -0.4 is 10.5 Å². The third-order valence-electron chi connectivity index (χ3n) is 2.31. The van der Waals surface area contributed by atoms with E-state index in [1.807, 2.05) is 0 Å². The van der Waals surface area contributed by atoms with Crippen LogP contribution in [0.3, 0.4) is 0 Å². The van der Waals surface area contributed by atoms with E-state index in [4.69, 9.17) is 10.5 Å². The molecule has 16 heavy (non-hydrogen) atoms. The number of nitrogens with two attached hydrogens (primary N) is 1. The number of anilines is 1. The molecule has 1 rings (SSSR count). The second-order valence-electron chi connectivity index (χ2n) is 4.14. The van der Waals surface area contributed by atoms with Crippen molar-refractivity contribution in [2.75, 3.05) is 18.6 Å². The molecule has 0 bridgehead atoms. The lowest BCUT2D eigenvalue weighted by atomic mass is 10.2. The highest BCUT2D eigenvalue weighted by Crippen LogP contribution is 2.25. The summed E-state index contributed by atoms with van der Waals surface area (Å²) in [4.78, 5) is 0.734. The SMILES string of the molecule is COc1cc(N)ccc1S(=O)CCC(C)C. The van der Waals surface area contributed by atoms with E-state index in [1.165, 1.54) is 0 Å². The predicted octanol–water partition coefficient (Wildman–Crippen LogP) is 2.43. The van der Waals surface area contributed by atoms with Gasteiger partial charge in [-0.1, -0.05) is 13.8 Å². The average Bonchev–Trinajstić information content (AvgIpc) is 2.25. The molecule has 0 aliphatic heterocycles. The van der Waals surface area contributed by atoms with E-state index in [0.717, 1.165) is 11.3 Å². The van der Waals surface area contributed by atoms with Crippen LogP contribution in [0.25, 0.3) is 0 Å². The van der Waals surface area contributed by atoms with Gasteiger partial charge in [0.2, 0.25) is 0 Å². The molecule has 0 saturated heterocycles. The Morgan fingerprint density at radius 3 is 2.69 bits per heavy atom. The fourth-order valence-corrected chi connectivity index (χ4v) is 2.82. The lowest BCUT2D eigenvalue weighted by molar-refractivity contribution is 0.404. The van der Waals surface area contributed by atoms with E-state index < -0.39 is 10.8 Å². The van der Waals surface area contributed by atoms with Crippen LogP contribution in [0.15, 0.2) is 23.1 Å². The van der Waals surface area contributed by atoms with Crippen molar-refractivity contribution < 1.29 is 8.95 Å². The van der Waals surface area contributed by atoms with E-state index in [9.17, 15) is 4.21 Å². The molecule has 3 nitrogen and oxygen atoms in total. The van der Waals surface area contributed by atoms with Gasteiger partial charge >= 0.3 is 0 Å². The summed E-state index contributed by atoms with van der Waals surface area (Å²) < 4.78 is 17.2. The summed E-state index contributed by atoms with van der Waals surface area (Å²) in [5.74, 6) is 1.84. The van der Waals surface area contributed by atoms with Gasteiger partial charge in [0.15, 0.2) is 0 Å². The zero-order valence-electron chi connectivity index (χ0n) is 10.0. The maximum atomic E-state index is 12.0. The number of rotatable bonds is 5. The normalized spacial score (nSPS) is 12.8. The van der Waals surface area contributed by atoms with E-state index in [2.05, 4.69) is 13.8 Å². The Bertz CT molecular complexity index is 377. The molecule has 0 heterocycles. The summed E-state index contributed by atoms with van der Waals surface area (Å²) >= 11 is 0. The van der Waals surface area contributed by atoms with Gasteiger partial charge < -0.3 is 10.5 Å². The highest BCUT2D eigenvalue weighted by Gasteiger charge is 2.11. The van der Waals surface area contributed by atoms with Crippen molar-refractivity contribution in [3.05, 3.63) is 18.2 Å². The van der Waals surface area contributed by atoms with Crippen molar-refractivity contribution in [3.63, 3.8) is 0 Å². The van der Waals surface area contributed by atoms with Gasteiger partial charge in [0.25, 0.3) is 0 Å². The molecule has 0 spiro atoms. The molecule has 0 fully saturated rings. The first kappa shape index (κ1) is 13.0. The molecule has 1 unspecified atom stereocenters. The summed E-state index contributed by atoms with van der Waals surface area (Å²) in [5, 5.41) is 0. The Labute approximate surface area is 99.4 Å². The standard InChI is InChI=1S/C12H19NO2S/c1-9(2)6-7-16(14)12-5-4-10(13)8-11(12)15-3/h4-5,8-9H,6-7,13H2,1-3H3. The van der Waals surface area contributed by atoms with Gasteiger partial charge in [-0.25, -0.2) is 0 Å². The molecule has 2 N–H and O–H groups in total. The molecule has 0 aliphatic rings. The van der Waals surface area contributed by atoms with Crippen molar-refractivity contribution in [3.8, 4) is 5.75 Å². The maximum absolute atomic E-state index is 12.0. The molecule has 4 heteroatoms. The minimum atomic E-state index is -1.00. The van der Waals surface area contributed by atoms with Crippen LogP contribution >= 0.6 is 0 Å². The van der Waals surface area contributed by atoms with Crippen LogP contribution in [0.2, 0.25) is 0 Å². The highest BCUT2D eigenvalue weighted by atomic mass is 32.2. The molecular formula is C12H19NO2S. The molecule has 90 valence electrons. The molecule has 0 aromatic heterocycles. The van der Waals surface area contributed by atoms with Gasteiger partial charge in [-0.2, -0.15) is 0 Å². The molecule has 0 radical (unpaired) electrons. The summed E-state index contributed by atoms with van der Waals surface area (Å²) in [6.45, 7) is 4.24. The number of ether oxygens (including phenoxy) is 1. The molecule has 1 aromatic carbocycles. The lowest BCUT2D eigenvalue weighted by Gasteiger charge is -2.10. The molecule has 1 aromatic rings. The molecular weight excluding hydrogens is 222 g/mol. The van der Waals surface area contributed by atoms with Crippen molar-refractivity contribution >= 4 is 16.5 Å². The van der Waals surface area contributed by atoms with Crippen LogP contribution in [0.5, 0.6) is 5.75 Å². The van der Waals surface area contributed by atoms with Crippen LogP contribution in [-0.2, 0) is 10.8 Å².